The summed E-state index contributed by atoms with van der Waals surface area (Å²) in [5, 5.41) is 0. The molecule has 0 fully saturated rings. The maximum absolute atomic E-state index is 13.2. The van der Waals surface area contributed by atoms with Crippen LogP contribution in [0.5, 0.6) is 0 Å². The molecule has 0 atom stereocenters. The fourth-order valence-corrected chi connectivity index (χ4v) is 2.43. The lowest BCUT2D eigenvalue weighted by atomic mass is 10.1. The van der Waals surface area contributed by atoms with E-state index in [9.17, 15) is 4.39 Å². The highest BCUT2D eigenvalue weighted by Crippen LogP contribution is 2.30. The highest BCUT2D eigenvalue weighted by Gasteiger charge is 2.09. The van der Waals surface area contributed by atoms with E-state index in [0.717, 1.165) is 21.4 Å². The van der Waals surface area contributed by atoms with Gasteiger partial charge in [0.15, 0.2) is 0 Å². The van der Waals surface area contributed by atoms with Crippen LogP contribution in [0.4, 0.5) is 15.8 Å². The van der Waals surface area contributed by atoms with Gasteiger partial charge in [0.2, 0.25) is 0 Å². The van der Waals surface area contributed by atoms with E-state index in [2.05, 4.69) is 15.9 Å². The van der Waals surface area contributed by atoms with Crippen molar-refractivity contribution >= 4 is 38.9 Å². The van der Waals surface area contributed by atoms with Gasteiger partial charge in [-0.2, -0.15) is 0 Å². The van der Waals surface area contributed by atoms with Gasteiger partial charge in [0.1, 0.15) is 5.82 Å². The molecule has 4 heteroatoms. The summed E-state index contributed by atoms with van der Waals surface area (Å²) in [6.07, 6.45) is 0. The van der Waals surface area contributed by atoms with Crippen molar-refractivity contribution in [2.24, 2.45) is 0 Å². The van der Waals surface area contributed by atoms with E-state index < -0.39 is 0 Å². The van der Waals surface area contributed by atoms with Gasteiger partial charge in [-0.05, 0) is 42.0 Å². The number of alkyl halides is 1. The van der Waals surface area contributed by atoms with Crippen molar-refractivity contribution in [2.75, 3.05) is 11.9 Å². The van der Waals surface area contributed by atoms with Gasteiger partial charge in [0.25, 0.3) is 0 Å². The number of anilines is 2. The fraction of sp³-hybridized carbons (Fsp3) is 0.143. The van der Waals surface area contributed by atoms with Crippen molar-refractivity contribution in [1.29, 1.82) is 0 Å². The molecule has 0 aliphatic heterocycles. The molecule has 0 aliphatic carbocycles. The maximum atomic E-state index is 13.2. The first-order valence-corrected chi connectivity index (χ1v) is 6.78. The second kappa shape index (κ2) is 5.72. The zero-order valence-electron chi connectivity index (χ0n) is 9.83. The molecule has 0 saturated heterocycles. The van der Waals surface area contributed by atoms with Crippen LogP contribution in [-0.4, -0.2) is 7.05 Å². The van der Waals surface area contributed by atoms with Crippen LogP contribution in [0, 0.1) is 5.82 Å². The van der Waals surface area contributed by atoms with E-state index >= 15 is 0 Å². The summed E-state index contributed by atoms with van der Waals surface area (Å²) in [5.41, 5.74) is 2.76. The molecule has 0 aromatic heterocycles. The van der Waals surface area contributed by atoms with E-state index in [-0.39, 0.29) is 5.82 Å². The van der Waals surface area contributed by atoms with Crippen molar-refractivity contribution < 1.29 is 4.39 Å². The lowest BCUT2D eigenvalue weighted by Gasteiger charge is -2.22. The first kappa shape index (κ1) is 13.4. The second-order valence-electron chi connectivity index (χ2n) is 3.95. The van der Waals surface area contributed by atoms with Gasteiger partial charge in [0.05, 0.1) is 0 Å². The van der Waals surface area contributed by atoms with Crippen molar-refractivity contribution in [3.63, 3.8) is 0 Å². The molecule has 18 heavy (non-hydrogen) atoms. The highest BCUT2D eigenvalue weighted by atomic mass is 79.9. The standard InChI is InChI=1S/C14H12BrClFN/c1-18(13-4-2-3-12(17)8-13)14-6-5-11(15)7-10(14)9-16/h2-8H,9H2,1H3. The van der Waals surface area contributed by atoms with Crippen molar-refractivity contribution in [3.05, 3.63) is 58.3 Å². The first-order valence-electron chi connectivity index (χ1n) is 5.45. The van der Waals surface area contributed by atoms with Gasteiger partial charge >= 0.3 is 0 Å². The Hall–Kier alpha value is -1.06. The van der Waals surface area contributed by atoms with E-state index in [1.807, 2.05) is 36.2 Å². The molecule has 0 bridgehead atoms. The highest BCUT2D eigenvalue weighted by molar-refractivity contribution is 9.10. The molecular formula is C14H12BrClFN. The topological polar surface area (TPSA) is 3.24 Å². The zero-order valence-corrected chi connectivity index (χ0v) is 12.2. The summed E-state index contributed by atoms with van der Waals surface area (Å²) >= 11 is 9.36. The van der Waals surface area contributed by atoms with Gasteiger partial charge in [-0.1, -0.05) is 22.0 Å². The summed E-state index contributed by atoms with van der Waals surface area (Å²) < 4.78 is 14.2. The molecule has 0 amide bonds. The Morgan fingerprint density at radius 3 is 2.67 bits per heavy atom. The van der Waals surface area contributed by atoms with Crippen LogP contribution in [-0.2, 0) is 5.88 Å². The smallest absolute Gasteiger partial charge is 0.125 e. The SMILES string of the molecule is CN(c1cccc(F)c1)c1ccc(Br)cc1CCl. The Bertz CT molecular complexity index is 559. The molecule has 2 aromatic rings. The van der Waals surface area contributed by atoms with Crippen LogP contribution in [0.15, 0.2) is 46.9 Å². The Morgan fingerprint density at radius 2 is 2.00 bits per heavy atom. The van der Waals surface area contributed by atoms with Crippen LogP contribution in [0.25, 0.3) is 0 Å². The zero-order chi connectivity index (χ0) is 13.1. The molecule has 0 radical (unpaired) electrons. The number of rotatable bonds is 3. The quantitative estimate of drug-likeness (QED) is 0.709. The first-order chi connectivity index (χ1) is 8.61. The number of benzene rings is 2. The van der Waals surface area contributed by atoms with Gasteiger partial charge in [-0.3, -0.25) is 0 Å². The average Bonchev–Trinajstić information content (AvgIpc) is 2.37. The second-order valence-corrected chi connectivity index (χ2v) is 5.13. The lowest BCUT2D eigenvalue weighted by molar-refractivity contribution is 0.628. The molecule has 1 nitrogen and oxygen atoms in total. The summed E-state index contributed by atoms with van der Waals surface area (Å²) in [7, 11) is 1.90. The van der Waals surface area contributed by atoms with Crippen LogP contribution < -0.4 is 4.90 Å². The minimum atomic E-state index is -0.246. The molecule has 0 unspecified atom stereocenters. The van der Waals surface area contributed by atoms with Gasteiger partial charge in [-0.25, -0.2) is 4.39 Å². The van der Waals surface area contributed by atoms with Gasteiger partial charge < -0.3 is 4.90 Å². The Labute approximate surface area is 119 Å². The number of nitrogens with zero attached hydrogens (tertiary/aromatic N) is 1. The maximum Gasteiger partial charge on any atom is 0.125 e. The number of hydrogen-bond donors (Lipinski definition) is 0. The fourth-order valence-electron chi connectivity index (χ4n) is 1.81. The summed E-state index contributed by atoms with van der Waals surface area (Å²) in [4.78, 5) is 1.92. The van der Waals surface area contributed by atoms with Crippen molar-refractivity contribution in [3.8, 4) is 0 Å². The lowest BCUT2D eigenvalue weighted by Crippen LogP contribution is -2.11. The predicted octanol–water partition coefficient (Wildman–Crippen LogP) is 5.09. The molecule has 0 N–H and O–H groups in total. The van der Waals surface area contributed by atoms with Crippen LogP contribution in [0.2, 0.25) is 0 Å². The minimum Gasteiger partial charge on any atom is -0.344 e. The molecule has 0 heterocycles. The molecule has 94 valence electrons. The normalized spacial score (nSPS) is 10.4. The Morgan fingerprint density at radius 1 is 1.22 bits per heavy atom. The van der Waals surface area contributed by atoms with Crippen LogP contribution in [0.3, 0.4) is 0 Å². The summed E-state index contributed by atoms with van der Waals surface area (Å²) in [6.45, 7) is 0. The van der Waals surface area contributed by atoms with Gasteiger partial charge in [-0.15, -0.1) is 11.6 Å². The van der Waals surface area contributed by atoms with Gasteiger partial charge in [0, 0.05) is 28.8 Å². The molecule has 2 rings (SSSR count). The minimum absolute atomic E-state index is 0.246. The van der Waals surface area contributed by atoms with Crippen molar-refractivity contribution in [2.45, 2.75) is 5.88 Å². The molecule has 0 aliphatic rings. The van der Waals surface area contributed by atoms with E-state index in [1.54, 1.807) is 6.07 Å². The number of hydrogen-bond acceptors (Lipinski definition) is 1. The Kier molecular flexibility index (Phi) is 4.25. The third kappa shape index (κ3) is 2.85. The van der Waals surface area contributed by atoms with E-state index in [1.165, 1.54) is 12.1 Å². The summed E-state index contributed by atoms with van der Waals surface area (Å²) in [5.74, 6) is 0.165. The van der Waals surface area contributed by atoms with Crippen LogP contribution >= 0.6 is 27.5 Å². The molecule has 0 spiro atoms. The van der Waals surface area contributed by atoms with E-state index in [4.69, 9.17) is 11.6 Å². The summed E-state index contributed by atoms with van der Waals surface area (Å²) in [6, 6.07) is 12.4. The molecule has 0 saturated carbocycles. The van der Waals surface area contributed by atoms with Crippen LogP contribution in [0.1, 0.15) is 5.56 Å². The Balaban J connectivity index is 2.42. The third-order valence-electron chi connectivity index (χ3n) is 2.74. The molecular weight excluding hydrogens is 317 g/mol. The van der Waals surface area contributed by atoms with Crippen molar-refractivity contribution in [1.82, 2.24) is 0 Å². The third-order valence-corrected chi connectivity index (χ3v) is 3.52. The largest absolute Gasteiger partial charge is 0.344 e. The molecule has 2 aromatic carbocycles. The number of halogens is 3. The van der Waals surface area contributed by atoms with E-state index in [0.29, 0.717) is 5.88 Å². The predicted molar refractivity (Wildman–Crippen MR) is 78.2 cm³/mol. The monoisotopic (exact) mass is 327 g/mol. The average molecular weight is 329 g/mol.